The molecule has 2 rings (SSSR count). The molecule has 0 aromatic heterocycles. The molecule has 0 radical (unpaired) electrons. The largest absolute Gasteiger partial charge is 0.494 e. The third-order valence-corrected chi connectivity index (χ3v) is 4.89. The molecule has 0 bridgehead atoms. The second kappa shape index (κ2) is 13.7. The molecule has 0 unspecified atom stereocenters. The van der Waals surface area contributed by atoms with E-state index in [0.717, 1.165) is 30.9 Å². The van der Waals surface area contributed by atoms with Gasteiger partial charge >= 0.3 is 0 Å². The predicted molar refractivity (Wildman–Crippen MR) is 131 cm³/mol. The number of benzene rings is 2. The number of para-hydroxylation sites is 1. The Hall–Kier alpha value is -2.60. The number of unbranched alkanes of at least 4 members (excludes halogenated alkanes) is 3. The molecule has 0 aliphatic heterocycles. The van der Waals surface area contributed by atoms with Crippen LogP contribution in [0.1, 0.15) is 63.2 Å². The van der Waals surface area contributed by atoms with Crippen molar-refractivity contribution < 1.29 is 14.3 Å². The van der Waals surface area contributed by atoms with Crippen LogP contribution in [-0.4, -0.2) is 24.2 Å². The van der Waals surface area contributed by atoms with Gasteiger partial charge in [0.15, 0.2) is 5.11 Å². The van der Waals surface area contributed by atoms with E-state index < -0.39 is 0 Å². The molecule has 6 heteroatoms. The SMILES string of the molecule is CCCCCCOc1ccc(NC(=S)NC(=O)c2ccccc2OCCC(C)C)cc1. The highest BCUT2D eigenvalue weighted by Gasteiger charge is 2.14. The van der Waals surface area contributed by atoms with Gasteiger partial charge in [0.1, 0.15) is 11.5 Å². The van der Waals surface area contributed by atoms with Crippen molar-refractivity contribution in [1.29, 1.82) is 0 Å². The smallest absolute Gasteiger partial charge is 0.261 e. The molecule has 31 heavy (non-hydrogen) atoms. The molecule has 2 aromatic carbocycles. The Balaban J connectivity index is 1.83. The number of hydrogen-bond donors (Lipinski definition) is 2. The summed E-state index contributed by atoms with van der Waals surface area (Å²) in [7, 11) is 0. The van der Waals surface area contributed by atoms with Gasteiger partial charge in [-0.25, -0.2) is 0 Å². The lowest BCUT2D eigenvalue weighted by Crippen LogP contribution is -2.34. The highest BCUT2D eigenvalue weighted by atomic mass is 32.1. The first-order valence-corrected chi connectivity index (χ1v) is 11.5. The summed E-state index contributed by atoms with van der Waals surface area (Å²) in [5.41, 5.74) is 1.24. The van der Waals surface area contributed by atoms with Gasteiger partial charge in [-0.15, -0.1) is 0 Å². The molecular formula is C25H34N2O3S. The number of ether oxygens (including phenoxy) is 2. The first-order valence-electron chi connectivity index (χ1n) is 11.1. The Morgan fingerprint density at radius 3 is 2.42 bits per heavy atom. The summed E-state index contributed by atoms with van der Waals surface area (Å²) < 4.78 is 11.5. The number of amides is 1. The van der Waals surface area contributed by atoms with Crippen molar-refractivity contribution in [1.82, 2.24) is 5.32 Å². The van der Waals surface area contributed by atoms with E-state index in [1.165, 1.54) is 19.3 Å². The van der Waals surface area contributed by atoms with Crippen LogP contribution in [-0.2, 0) is 0 Å². The molecule has 0 fully saturated rings. The van der Waals surface area contributed by atoms with Crippen LogP contribution in [0.3, 0.4) is 0 Å². The van der Waals surface area contributed by atoms with E-state index in [0.29, 0.717) is 23.8 Å². The number of thiocarbonyl (C=S) groups is 1. The fourth-order valence-corrected chi connectivity index (χ4v) is 3.08. The Morgan fingerprint density at radius 2 is 1.71 bits per heavy atom. The Labute approximate surface area is 191 Å². The normalized spacial score (nSPS) is 10.6. The van der Waals surface area contributed by atoms with Gasteiger partial charge in [-0.3, -0.25) is 10.1 Å². The predicted octanol–water partition coefficient (Wildman–Crippen LogP) is 6.20. The Kier molecular flexibility index (Phi) is 10.9. The van der Waals surface area contributed by atoms with E-state index in [9.17, 15) is 4.79 Å². The summed E-state index contributed by atoms with van der Waals surface area (Å²) >= 11 is 5.31. The van der Waals surface area contributed by atoms with Crippen molar-refractivity contribution in [2.24, 2.45) is 5.92 Å². The van der Waals surface area contributed by atoms with E-state index in [1.807, 2.05) is 36.4 Å². The zero-order valence-electron chi connectivity index (χ0n) is 18.8. The lowest BCUT2D eigenvalue weighted by atomic mass is 10.1. The molecule has 0 saturated carbocycles. The topological polar surface area (TPSA) is 59.6 Å². The molecule has 0 aliphatic carbocycles. The number of nitrogens with one attached hydrogen (secondary N) is 2. The minimum Gasteiger partial charge on any atom is -0.494 e. The first-order chi connectivity index (χ1) is 15.0. The fourth-order valence-electron chi connectivity index (χ4n) is 2.87. The lowest BCUT2D eigenvalue weighted by Gasteiger charge is -2.14. The first kappa shape index (κ1) is 24.7. The third-order valence-electron chi connectivity index (χ3n) is 4.69. The van der Waals surface area contributed by atoms with Crippen molar-refractivity contribution in [2.45, 2.75) is 52.9 Å². The van der Waals surface area contributed by atoms with Crippen LogP contribution in [0.5, 0.6) is 11.5 Å². The quantitative estimate of drug-likeness (QED) is 0.303. The van der Waals surface area contributed by atoms with Gasteiger partial charge < -0.3 is 14.8 Å². The van der Waals surface area contributed by atoms with Crippen LogP contribution >= 0.6 is 12.2 Å². The van der Waals surface area contributed by atoms with Crippen molar-refractivity contribution in [3.63, 3.8) is 0 Å². The van der Waals surface area contributed by atoms with Gasteiger partial charge in [0.2, 0.25) is 0 Å². The van der Waals surface area contributed by atoms with E-state index >= 15 is 0 Å². The van der Waals surface area contributed by atoms with E-state index in [4.69, 9.17) is 21.7 Å². The summed E-state index contributed by atoms with van der Waals surface area (Å²) in [4.78, 5) is 12.7. The molecule has 168 valence electrons. The van der Waals surface area contributed by atoms with Gasteiger partial charge in [-0.1, -0.05) is 52.2 Å². The maximum Gasteiger partial charge on any atom is 0.261 e. The average Bonchev–Trinajstić information content (AvgIpc) is 2.74. The molecule has 0 spiro atoms. The molecule has 0 saturated heterocycles. The number of rotatable bonds is 12. The van der Waals surface area contributed by atoms with Crippen LogP contribution < -0.4 is 20.1 Å². The number of carbonyl (C=O) groups excluding carboxylic acids is 1. The summed E-state index contributed by atoms with van der Waals surface area (Å²) in [6.45, 7) is 7.76. The van der Waals surface area contributed by atoms with Crippen LogP contribution in [0.25, 0.3) is 0 Å². The van der Waals surface area contributed by atoms with Gasteiger partial charge in [0, 0.05) is 5.69 Å². The molecule has 5 nitrogen and oxygen atoms in total. The molecule has 1 amide bonds. The van der Waals surface area contributed by atoms with Crippen molar-refractivity contribution in [3.05, 3.63) is 54.1 Å². The zero-order chi connectivity index (χ0) is 22.5. The van der Waals surface area contributed by atoms with Crippen molar-refractivity contribution in [3.8, 4) is 11.5 Å². The maximum atomic E-state index is 12.7. The molecule has 2 N–H and O–H groups in total. The monoisotopic (exact) mass is 442 g/mol. The number of anilines is 1. The Bertz CT molecular complexity index is 822. The fraction of sp³-hybridized carbons (Fsp3) is 0.440. The second-order valence-corrected chi connectivity index (χ2v) is 8.28. The van der Waals surface area contributed by atoms with Crippen molar-refractivity contribution in [2.75, 3.05) is 18.5 Å². The van der Waals surface area contributed by atoms with E-state index in [1.54, 1.807) is 12.1 Å². The van der Waals surface area contributed by atoms with Gasteiger partial charge in [0.25, 0.3) is 5.91 Å². The summed E-state index contributed by atoms with van der Waals surface area (Å²) in [6, 6.07) is 14.7. The van der Waals surface area contributed by atoms with Crippen molar-refractivity contribution >= 4 is 28.9 Å². The van der Waals surface area contributed by atoms with Gasteiger partial charge in [0.05, 0.1) is 18.8 Å². The second-order valence-electron chi connectivity index (χ2n) is 7.87. The number of carbonyl (C=O) groups is 1. The molecular weight excluding hydrogens is 408 g/mol. The highest BCUT2D eigenvalue weighted by molar-refractivity contribution is 7.80. The molecule has 0 aliphatic rings. The zero-order valence-corrected chi connectivity index (χ0v) is 19.6. The Morgan fingerprint density at radius 1 is 0.968 bits per heavy atom. The standard InChI is InChI=1S/C25H34N2O3S/c1-4-5-6-9-17-29-21-14-12-20(13-15-21)26-25(31)27-24(28)22-10-7-8-11-23(22)30-18-16-19(2)3/h7-8,10-15,19H,4-6,9,16-18H2,1-3H3,(H2,26,27,28,31). The van der Waals surface area contributed by atoms with E-state index in [2.05, 4.69) is 31.4 Å². The van der Waals surface area contributed by atoms with Crippen LogP contribution in [0.4, 0.5) is 5.69 Å². The van der Waals surface area contributed by atoms with Crippen LogP contribution in [0.2, 0.25) is 0 Å². The third kappa shape index (κ3) is 9.39. The molecule has 0 atom stereocenters. The van der Waals surface area contributed by atoms with E-state index in [-0.39, 0.29) is 11.0 Å². The maximum absolute atomic E-state index is 12.7. The van der Waals surface area contributed by atoms with Gasteiger partial charge in [-0.05, 0) is 67.4 Å². The number of hydrogen-bond acceptors (Lipinski definition) is 4. The lowest BCUT2D eigenvalue weighted by molar-refractivity contribution is 0.0973. The highest BCUT2D eigenvalue weighted by Crippen LogP contribution is 2.19. The average molecular weight is 443 g/mol. The van der Waals surface area contributed by atoms with Gasteiger partial charge in [-0.2, -0.15) is 0 Å². The van der Waals surface area contributed by atoms with Crippen LogP contribution in [0.15, 0.2) is 48.5 Å². The molecule has 2 aromatic rings. The summed E-state index contributed by atoms with van der Waals surface area (Å²) in [5, 5.41) is 5.99. The summed E-state index contributed by atoms with van der Waals surface area (Å²) in [5.74, 6) is 1.62. The molecule has 0 heterocycles. The summed E-state index contributed by atoms with van der Waals surface area (Å²) in [6.07, 6.45) is 5.63. The van der Waals surface area contributed by atoms with Crippen LogP contribution in [0, 0.1) is 5.92 Å². The minimum atomic E-state index is -0.301. The minimum absolute atomic E-state index is 0.232.